The van der Waals surface area contributed by atoms with Crippen LogP contribution in [0.15, 0.2) is 0 Å². The summed E-state index contributed by atoms with van der Waals surface area (Å²) in [4.78, 5) is 0. The number of fused-ring (bicyclic) bond motifs is 2. The van der Waals surface area contributed by atoms with Gasteiger partial charge < -0.3 is 15.5 Å². The van der Waals surface area contributed by atoms with Gasteiger partial charge in [-0.3, -0.25) is 0 Å². The maximum Gasteiger partial charge on any atom is 0.0952 e. The zero-order valence-corrected chi connectivity index (χ0v) is 7.05. The normalized spacial score (nSPS) is 48.5. The SMILES string of the molecule is Cl.O[C@@H]1[C@H](O)C[C@H]2CC[C@@H]1N2. The average molecular weight is 180 g/mol. The Bertz CT molecular complexity index is 144. The summed E-state index contributed by atoms with van der Waals surface area (Å²) >= 11 is 0. The number of halogens is 1. The quantitative estimate of drug-likeness (QED) is 0.477. The lowest BCUT2D eigenvalue weighted by Gasteiger charge is -2.30. The second-order valence-electron chi connectivity index (χ2n) is 3.34. The van der Waals surface area contributed by atoms with Crippen LogP contribution in [0, 0.1) is 0 Å². The molecule has 0 radical (unpaired) electrons. The zero-order valence-electron chi connectivity index (χ0n) is 6.23. The van der Waals surface area contributed by atoms with Crippen LogP contribution >= 0.6 is 12.4 Å². The third-order valence-corrected chi connectivity index (χ3v) is 2.61. The molecule has 2 bridgehead atoms. The standard InChI is InChI=1S/C7H13NO2.ClH/c9-6-3-4-1-2-5(8-4)7(6)10;/h4-10H,1-3H2;1H/t4-,5+,6-,7+;/m1./s1. The van der Waals surface area contributed by atoms with Gasteiger partial charge in [-0.2, -0.15) is 0 Å². The van der Waals surface area contributed by atoms with E-state index in [9.17, 15) is 10.2 Å². The Kier molecular flexibility index (Phi) is 2.75. The van der Waals surface area contributed by atoms with Crippen LogP contribution in [-0.2, 0) is 0 Å². The van der Waals surface area contributed by atoms with E-state index in [-0.39, 0.29) is 18.4 Å². The van der Waals surface area contributed by atoms with E-state index in [2.05, 4.69) is 5.32 Å². The Morgan fingerprint density at radius 2 is 1.91 bits per heavy atom. The molecular weight excluding hydrogens is 166 g/mol. The molecule has 2 saturated heterocycles. The number of hydrogen-bond acceptors (Lipinski definition) is 3. The van der Waals surface area contributed by atoms with Gasteiger partial charge in [0.15, 0.2) is 0 Å². The van der Waals surface area contributed by atoms with Crippen LogP contribution in [-0.4, -0.2) is 34.5 Å². The molecule has 4 heteroatoms. The summed E-state index contributed by atoms with van der Waals surface area (Å²) < 4.78 is 0. The molecule has 3 N–H and O–H groups in total. The van der Waals surface area contributed by atoms with Crippen molar-refractivity contribution in [1.29, 1.82) is 0 Å². The molecule has 2 heterocycles. The first-order valence-corrected chi connectivity index (χ1v) is 3.89. The molecule has 2 fully saturated rings. The second kappa shape index (κ2) is 3.27. The van der Waals surface area contributed by atoms with Gasteiger partial charge in [-0.05, 0) is 19.3 Å². The highest BCUT2D eigenvalue weighted by atomic mass is 35.5. The van der Waals surface area contributed by atoms with Crippen molar-refractivity contribution < 1.29 is 10.2 Å². The highest BCUT2D eigenvalue weighted by Crippen LogP contribution is 2.26. The van der Waals surface area contributed by atoms with Gasteiger partial charge in [0.1, 0.15) is 0 Å². The smallest absolute Gasteiger partial charge is 0.0952 e. The predicted molar refractivity (Wildman–Crippen MR) is 43.8 cm³/mol. The maximum atomic E-state index is 9.35. The molecule has 4 atom stereocenters. The van der Waals surface area contributed by atoms with E-state index in [1.54, 1.807) is 0 Å². The van der Waals surface area contributed by atoms with Crippen LogP contribution in [0.2, 0.25) is 0 Å². The van der Waals surface area contributed by atoms with Crippen molar-refractivity contribution in [3.63, 3.8) is 0 Å². The topological polar surface area (TPSA) is 52.5 Å². The minimum Gasteiger partial charge on any atom is -0.390 e. The fraction of sp³-hybridized carbons (Fsp3) is 1.00. The van der Waals surface area contributed by atoms with E-state index in [1.165, 1.54) is 0 Å². The monoisotopic (exact) mass is 179 g/mol. The highest BCUT2D eigenvalue weighted by Gasteiger charge is 2.39. The fourth-order valence-corrected chi connectivity index (χ4v) is 2.00. The molecule has 0 aromatic rings. The summed E-state index contributed by atoms with van der Waals surface area (Å²) in [5, 5.41) is 21.9. The first-order valence-electron chi connectivity index (χ1n) is 3.89. The number of piperidine rings is 1. The van der Waals surface area contributed by atoms with Crippen molar-refractivity contribution in [1.82, 2.24) is 5.32 Å². The molecule has 0 aromatic carbocycles. The number of nitrogens with one attached hydrogen (secondary N) is 1. The zero-order chi connectivity index (χ0) is 7.14. The van der Waals surface area contributed by atoms with Gasteiger partial charge in [-0.25, -0.2) is 0 Å². The molecule has 0 spiro atoms. The average Bonchev–Trinajstić information content (AvgIpc) is 2.29. The molecule has 2 rings (SSSR count). The minimum absolute atomic E-state index is 0. The van der Waals surface area contributed by atoms with Gasteiger partial charge in [0.05, 0.1) is 12.2 Å². The minimum atomic E-state index is -0.529. The van der Waals surface area contributed by atoms with Crippen LogP contribution in [0.3, 0.4) is 0 Å². The van der Waals surface area contributed by atoms with Crippen LogP contribution < -0.4 is 5.32 Å². The number of aliphatic hydroxyl groups excluding tert-OH is 2. The van der Waals surface area contributed by atoms with Gasteiger partial charge in [0, 0.05) is 12.1 Å². The first-order chi connectivity index (χ1) is 4.77. The van der Waals surface area contributed by atoms with Gasteiger partial charge in [0.2, 0.25) is 0 Å². The van der Waals surface area contributed by atoms with Crippen molar-refractivity contribution in [2.45, 2.75) is 43.6 Å². The Hall–Kier alpha value is 0.170. The maximum absolute atomic E-state index is 9.35. The summed E-state index contributed by atoms with van der Waals surface area (Å²) in [6.45, 7) is 0. The van der Waals surface area contributed by atoms with Crippen molar-refractivity contribution in [2.75, 3.05) is 0 Å². The molecule has 0 saturated carbocycles. The highest BCUT2D eigenvalue weighted by molar-refractivity contribution is 5.85. The Balaban J connectivity index is 0.000000605. The molecule has 0 aliphatic carbocycles. The Labute approximate surface area is 72.2 Å². The van der Waals surface area contributed by atoms with Crippen LogP contribution in [0.25, 0.3) is 0 Å². The molecule has 2 aliphatic heterocycles. The Morgan fingerprint density at radius 3 is 2.64 bits per heavy atom. The van der Waals surface area contributed by atoms with Crippen molar-refractivity contribution in [2.24, 2.45) is 0 Å². The molecule has 3 nitrogen and oxygen atoms in total. The molecule has 0 unspecified atom stereocenters. The molecular formula is C7H14ClNO2. The van der Waals surface area contributed by atoms with Crippen LogP contribution in [0.1, 0.15) is 19.3 Å². The van der Waals surface area contributed by atoms with Crippen LogP contribution in [0.4, 0.5) is 0 Å². The summed E-state index contributed by atoms with van der Waals surface area (Å²) in [6, 6.07) is 0.622. The number of rotatable bonds is 0. The van der Waals surface area contributed by atoms with Crippen molar-refractivity contribution in [3.8, 4) is 0 Å². The fourth-order valence-electron chi connectivity index (χ4n) is 2.00. The van der Waals surface area contributed by atoms with Gasteiger partial charge in [0.25, 0.3) is 0 Å². The summed E-state index contributed by atoms with van der Waals surface area (Å²) in [7, 11) is 0. The molecule has 2 aliphatic rings. The van der Waals surface area contributed by atoms with Gasteiger partial charge >= 0.3 is 0 Å². The summed E-state index contributed by atoms with van der Waals surface area (Å²) in [6.07, 6.45) is 1.83. The lowest BCUT2D eigenvalue weighted by atomic mass is 10.00. The van der Waals surface area contributed by atoms with E-state index < -0.39 is 12.2 Å². The Morgan fingerprint density at radius 1 is 1.18 bits per heavy atom. The van der Waals surface area contributed by atoms with Crippen LogP contribution in [0.5, 0.6) is 0 Å². The van der Waals surface area contributed by atoms with E-state index in [0.717, 1.165) is 19.3 Å². The van der Waals surface area contributed by atoms with E-state index in [1.807, 2.05) is 0 Å². The predicted octanol–water partition coefficient (Wildman–Crippen LogP) is -0.346. The third kappa shape index (κ3) is 1.51. The number of hydrogen-bond donors (Lipinski definition) is 3. The molecule has 11 heavy (non-hydrogen) atoms. The largest absolute Gasteiger partial charge is 0.390 e. The first kappa shape index (κ1) is 9.26. The summed E-state index contributed by atoms with van der Waals surface area (Å²) in [5.74, 6) is 0. The summed E-state index contributed by atoms with van der Waals surface area (Å²) in [5.41, 5.74) is 0. The van der Waals surface area contributed by atoms with Crippen molar-refractivity contribution in [3.05, 3.63) is 0 Å². The molecule has 0 amide bonds. The lowest BCUT2D eigenvalue weighted by molar-refractivity contribution is -0.0237. The number of aliphatic hydroxyl groups is 2. The van der Waals surface area contributed by atoms with Gasteiger partial charge in [-0.1, -0.05) is 0 Å². The molecule has 0 aromatic heterocycles. The third-order valence-electron chi connectivity index (χ3n) is 2.61. The second-order valence-corrected chi connectivity index (χ2v) is 3.34. The molecule has 66 valence electrons. The van der Waals surface area contributed by atoms with E-state index in [0.29, 0.717) is 6.04 Å². The van der Waals surface area contributed by atoms with Crippen molar-refractivity contribution >= 4 is 12.4 Å². The van der Waals surface area contributed by atoms with Gasteiger partial charge in [-0.15, -0.1) is 12.4 Å². The lowest BCUT2D eigenvalue weighted by Crippen LogP contribution is -2.51. The van der Waals surface area contributed by atoms with E-state index >= 15 is 0 Å². The van der Waals surface area contributed by atoms with E-state index in [4.69, 9.17) is 0 Å².